The van der Waals surface area contributed by atoms with Crippen molar-refractivity contribution in [2.45, 2.75) is 150 Å². The minimum Gasteiger partial charge on any atom is -0.466 e. The number of carbonyl (C=O) groups excluding carboxylic acids is 2. The fraction of sp³-hybridized carbons (Fsp3) is 0.933. The van der Waals surface area contributed by atoms with Gasteiger partial charge in [-0.3, -0.25) is 9.59 Å². The molecule has 0 saturated heterocycles. The highest BCUT2D eigenvalue weighted by molar-refractivity contribution is 5.69. The standard InChI is InChI=1S/C30H58O4/c1-26(2)19-15-17-23-33-29(31)22-14-12-10-8-6-7-9-11-13-21-28(5)25-30(32)34-24-18-16-20-27(3)4/h26-28H,6-25H2,1-5H3. The molecule has 0 aromatic rings. The second-order valence-electron chi connectivity index (χ2n) is 11.3. The Labute approximate surface area is 212 Å². The number of ether oxygens (including phenoxy) is 2. The summed E-state index contributed by atoms with van der Waals surface area (Å²) in [4.78, 5) is 23.6. The van der Waals surface area contributed by atoms with Crippen molar-refractivity contribution in [1.29, 1.82) is 0 Å². The zero-order valence-electron chi connectivity index (χ0n) is 23.5. The highest BCUT2D eigenvalue weighted by Gasteiger charge is 2.10. The molecule has 4 nitrogen and oxygen atoms in total. The number of esters is 2. The lowest BCUT2D eigenvalue weighted by Crippen LogP contribution is -2.10. The zero-order valence-corrected chi connectivity index (χ0v) is 23.5. The van der Waals surface area contributed by atoms with Gasteiger partial charge in [-0.05, 0) is 49.9 Å². The molecular weight excluding hydrogens is 424 g/mol. The second kappa shape index (κ2) is 23.7. The summed E-state index contributed by atoms with van der Waals surface area (Å²) in [7, 11) is 0. The van der Waals surface area contributed by atoms with Crippen LogP contribution in [0, 0.1) is 17.8 Å². The van der Waals surface area contributed by atoms with Crippen LogP contribution < -0.4 is 0 Å². The summed E-state index contributed by atoms with van der Waals surface area (Å²) >= 11 is 0. The van der Waals surface area contributed by atoms with E-state index < -0.39 is 0 Å². The molecule has 0 fully saturated rings. The van der Waals surface area contributed by atoms with Gasteiger partial charge >= 0.3 is 11.9 Å². The van der Waals surface area contributed by atoms with E-state index in [1.807, 2.05) is 0 Å². The Hall–Kier alpha value is -1.06. The first kappa shape index (κ1) is 32.9. The van der Waals surface area contributed by atoms with E-state index in [9.17, 15) is 9.59 Å². The first-order valence-electron chi connectivity index (χ1n) is 14.6. The third-order valence-electron chi connectivity index (χ3n) is 6.47. The molecule has 0 bridgehead atoms. The molecule has 0 spiro atoms. The normalized spacial score (nSPS) is 12.3. The predicted octanol–water partition coefficient (Wildman–Crippen LogP) is 9.04. The lowest BCUT2D eigenvalue weighted by Gasteiger charge is -2.11. The SMILES string of the molecule is CC(C)CCCCOC(=O)CCCCCCCCCCCC(C)CC(=O)OCCCCC(C)C. The van der Waals surface area contributed by atoms with Crippen molar-refractivity contribution in [3.05, 3.63) is 0 Å². The van der Waals surface area contributed by atoms with E-state index in [-0.39, 0.29) is 11.9 Å². The minimum absolute atomic E-state index is 0.0197. The van der Waals surface area contributed by atoms with Crippen molar-refractivity contribution < 1.29 is 19.1 Å². The molecule has 0 aromatic heterocycles. The van der Waals surface area contributed by atoms with Gasteiger partial charge in [-0.15, -0.1) is 0 Å². The van der Waals surface area contributed by atoms with Crippen LogP contribution >= 0.6 is 0 Å². The molecule has 0 amide bonds. The van der Waals surface area contributed by atoms with E-state index in [2.05, 4.69) is 34.6 Å². The van der Waals surface area contributed by atoms with Crippen LogP contribution in [0.15, 0.2) is 0 Å². The lowest BCUT2D eigenvalue weighted by atomic mass is 9.99. The van der Waals surface area contributed by atoms with Crippen molar-refractivity contribution in [2.75, 3.05) is 13.2 Å². The van der Waals surface area contributed by atoms with E-state index in [1.165, 1.54) is 57.8 Å². The van der Waals surface area contributed by atoms with Crippen molar-refractivity contribution >= 4 is 11.9 Å². The molecule has 0 aliphatic carbocycles. The minimum atomic E-state index is -0.0213. The summed E-state index contributed by atoms with van der Waals surface area (Å²) < 4.78 is 10.7. The fourth-order valence-corrected chi connectivity index (χ4v) is 4.20. The molecule has 0 aliphatic heterocycles. The molecule has 0 heterocycles. The lowest BCUT2D eigenvalue weighted by molar-refractivity contribution is -0.145. The van der Waals surface area contributed by atoms with E-state index >= 15 is 0 Å². The molecule has 0 N–H and O–H groups in total. The van der Waals surface area contributed by atoms with Crippen molar-refractivity contribution in [2.24, 2.45) is 17.8 Å². The largest absolute Gasteiger partial charge is 0.466 e. The van der Waals surface area contributed by atoms with Gasteiger partial charge in [0.25, 0.3) is 0 Å². The van der Waals surface area contributed by atoms with Crippen LogP contribution in [0.5, 0.6) is 0 Å². The molecule has 0 aromatic carbocycles. The average Bonchev–Trinajstić information content (AvgIpc) is 2.76. The van der Waals surface area contributed by atoms with Gasteiger partial charge in [0.05, 0.1) is 13.2 Å². The van der Waals surface area contributed by atoms with Crippen LogP contribution in [0.4, 0.5) is 0 Å². The highest BCUT2D eigenvalue weighted by Crippen LogP contribution is 2.17. The van der Waals surface area contributed by atoms with Gasteiger partial charge in [0.2, 0.25) is 0 Å². The summed E-state index contributed by atoms with van der Waals surface area (Å²) in [6, 6.07) is 0. The summed E-state index contributed by atoms with van der Waals surface area (Å²) in [5, 5.41) is 0. The summed E-state index contributed by atoms with van der Waals surface area (Å²) in [6.07, 6.45) is 19.9. The molecule has 0 rings (SSSR count). The van der Waals surface area contributed by atoms with Crippen LogP contribution in [0.1, 0.15) is 150 Å². The quantitative estimate of drug-likeness (QED) is 0.102. The van der Waals surface area contributed by atoms with Gasteiger partial charge in [0, 0.05) is 12.8 Å². The predicted molar refractivity (Wildman–Crippen MR) is 144 cm³/mol. The van der Waals surface area contributed by atoms with Gasteiger partial charge in [0.1, 0.15) is 0 Å². The Morgan fingerprint density at radius 2 is 0.912 bits per heavy atom. The molecular formula is C30H58O4. The fourth-order valence-electron chi connectivity index (χ4n) is 4.20. The maximum atomic E-state index is 11.9. The average molecular weight is 483 g/mol. The van der Waals surface area contributed by atoms with Crippen molar-refractivity contribution in [3.63, 3.8) is 0 Å². The van der Waals surface area contributed by atoms with Crippen molar-refractivity contribution in [3.8, 4) is 0 Å². The van der Waals surface area contributed by atoms with Gasteiger partial charge in [-0.1, -0.05) is 105 Å². The van der Waals surface area contributed by atoms with E-state index in [1.54, 1.807) is 0 Å². The number of hydrogen-bond acceptors (Lipinski definition) is 4. The summed E-state index contributed by atoms with van der Waals surface area (Å²) in [5.41, 5.74) is 0. The van der Waals surface area contributed by atoms with E-state index in [0.29, 0.717) is 32.0 Å². The number of carbonyl (C=O) groups is 2. The van der Waals surface area contributed by atoms with E-state index in [4.69, 9.17) is 9.47 Å². The Morgan fingerprint density at radius 3 is 1.41 bits per heavy atom. The first-order valence-corrected chi connectivity index (χ1v) is 14.6. The third kappa shape index (κ3) is 25.6. The van der Waals surface area contributed by atoms with E-state index in [0.717, 1.165) is 56.8 Å². The molecule has 1 atom stereocenters. The number of rotatable bonds is 24. The van der Waals surface area contributed by atoms with Crippen LogP contribution in [0.3, 0.4) is 0 Å². The highest BCUT2D eigenvalue weighted by atomic mass is 16.5. The van der Waals surface area contributed by atoms with Gasteiger partial charge < -0.3 is 9.47 Å². The molecule has 202 valence electrons. The van der Waals surface area contributed by atoms with Crippen LogP contribution in [-0.2, 0) is 19.1 Å². The number of hydrogen-bond donors (Lipinski definition) is 0. The second-order valence-corrected chi connectivity index (χ2v) is 11.3. The molecule has 0 radical (unpaired) electrons. The smallest absolute Gasteiger partial charge is 0.306 e. The van der Waals surface area contributed by atoms with Crippen LogP contribution in [0.25, 0.3) is 0 Å². The Morgan fingerprint density at radius 1 is 0.500 bits per heavy atom. The Balaban J connectivity index is 3.36. The topological polar surface area (TPSA) is 52.6 Å². The third-order valence-corrected chi connectivity index (χ3v) is 6.47. The maximum Gasteiger partial charge on any atom is 0.306 e. The maximum absolute atomic E-state index is 11.9. The molecule has 0 aliphatic rings. The molecule has 34 heavy (non-hydrogen) atoms. The summed E-state index contributed by atoms with van der Waals surface area (Å²) in [6.45, 7) is 12.3. The zero-order chi connectivity index (χ0) is 25.4. The molecule has 4 heteroatoms. The monoisotopic (exact) mass is 482 g/mol. The van der Waals surface area contributed by atoms with Crippen LogP contribution in [0.2, 0.25) is 0 Å². The molecule has 0 saturated carbocycles. The first-order chi connectivity index (χ1) is 16.3. The van der Waals surface area contributed by atoms with Gasteiger partial charge in [-0.25, -0.2) is 0 Å². The van der Waals surface area contributed by atoms with Gasteiger partial charge in [0.15, 0.2) is 0 Å². The Kier molecular flexibility index (Phi) is 22.9. The molecule has 1 unspecified atom stereocenters. The Bertz CT molecular complexity index is 472. The number of unbranched alkanes of at least 4 members (excludes halogenated alkanes) is 10. The van der Waals surface area contributed by atoms with Gasteiger partial charge in [-0.2, -0.15) is 0 Å². The summed E-state index contributed by atoms with van der Waals surface area (Å²) in [5.74, 6) is 1.85. The van der Waals surface area contributed by atoms with Crippen molar-refractivity contribution in [1.82, 2.24) is 0 Å². The van der Waals surface area contributed by atoms with Crippen LogP contribution in [-0.4, -0.2) is 25.2 Å².